The zero-order valence-electron chi connectivity index (χ0n) is 16.1. The molecule has 0 saturated heterocycles. The summed E-state index contributed by atoms with van der Waals surface area (Å²) in [6, 6.07) is 15.6. The molecule has 0 radical (unpaired) electrons. The highest BCUT2D eigenvalue weighted by molar-refractivity contribution is 6.39. The maximum Gasteiger partial charge on any atom is 0.345 e. The highest BCUT2D eigenvalue weighted by Gasteiger charge is 2.28. The Kier molecular flexibility index (Phi) is 5.79. The van der Waals surface area contributed by atoms with Crippen LogP contribution in [0.2, 0.25) is 10.0 Å². The normalized spacial score (nSPS) is 10.7. The number of halogens is 2. The van der Waals surface area contributed by atoms with Crippen molar-refractivity contribution in [3.05, 3.63) is 88.2 Å². The van der Waals surface area contributed by atoms with E-state index in [9.17, 15) is 9.59 Å². The van der Waals surface area contributed by atoms with Gasteiger partial charge in [0.25, 0.3) is 5.91 Å². The van der Waals surface area contributed by atoms with E-state index in [-0.39, 0.29) is 27.2 Å². The minimum Gasteiger partial charge on any atom is -0.465 e. The van der Waals surface area contributed by atoms with Crippen LogP contribution in [-0.2, 0) is 4.74 Å². The molecule has 0 atom stereocenters. The van der Waals surface area contributed by atoms with Crippen molar-refractivity contribution in [2.45, 2.75) is 0 Å². The van der Waals surface area contributed by atoms with Crippen LogP contribution in [0.4, 0.5) is 5.88 Å². The van der Waals surface area contributed by atoms with Crippen molar-refractivity contribution in [3.8, 4) is 16.9 Å². The number of methoxy groups -OCH3 is 1. The standard InChI is InChI=1S/C22H15Cl2N3O4/c1-30-22(29)18-19(17-15(23)5-4-6-16(17)24)26-31-21(18)25-20(28)13-7-9-14(10-8-13)27-11-2-3-12-27/h2-12H,1H3,(H,25,28). The summed E-state index contributed by atoms with van der Waals surface area (Å²) in [6.07, 6.45) is 3.79. The molecule has 0 fully saturated rings. The largest absolute Gasteiger partial charge is 0.465 e. The van der Waals surface area contributed by atoms with Crippen molar-refractivity contribution in [1.82, 2.24) is 9.72 Å². The van der Waals surface area contributed by atoms with E-state index in [4.69, 9.17) is 32.5 Å². The van der Waals surface area contributed by atoms with Gasteiger partial charge < -0.3 is 13.8 Å². The molecule has 4 rings (SSSR count). The lowest BCUT2D eigenvalue weighted by molar-refractivity contribution is 0.0602. The van der Waals surface area contributed by atoms with Crippen molar-refractivity contribution < 1.29 is 18.8 Å². The van der Waals surface area contributed by atoms with E-state index in [0.717, 1.165) is 5.69 Å². The smallest absolute Gasteiger partial charge is 0.345 e. The van der Waals surface area contributed by atoms with Crippen molar-refractivity contribution in [2.24, 2.45) is 0 Å². The average Bonchev–Trinajstić information content (AvgIpc) is 3.44. The topological polar surface area (TPSA) is 86.4 Å². The van der Waals surface area contributed by atoms with Gasteiger partial charge in [0.2, 0.25) is 5.88 Å². The predicted molar refractivity (Wildman–Crippen MR) is 117 cm³/mol. The number of carbonyl (C=O) groups excluding carboxylic acids is 2. The van der Waals surface area contributed by atoms with Crippen molar-refractivity contribution in [1.29, 1.82) is 0 Å². The Morgan fingerprint density at radius 1 is 1.00 bits per heavy atom. The first-order valence-corrected chi connectivity index (χ1v) is 9.82. The lowest BCUT2D eigenvalue weighted by Gasteiger charge is -2.07. The molecule has 0 aliphatic carbocycles. The Bertz CT molecular complexity index is 1230. The van der Waals surface area contributed by atoms with E-state index >= 15 is 0 Å². The third kappa shape index (κ3) is 4.05. The Morgan fingerprint density at radius 3 is 2.26 bits per heavy atom. The number of hydrogen-bond donors (Lipinski definition) is 1. The fraction of sp³-hybridized carbons (Fsp3) is 0.0455. The molecule has 0 bridgehead atoms. The molecule has 4 aromatic rings. The first-order chi connectivity index (χ1) is 15.0. The SMILES string of the molecule is COC(=O)c1c(-c2c(Cl)cccc2Cl)noc1NC(=O)c1ccc(-n2cccc2)cc1. The number of amides is 1. The summed E-state index contributed by atoms with van der Waals surface area (Å²) in [5, 5.41) is 7.01. The lowest BCUT2D eigenvalue weighted by atomic mass is 10.1. The first kappa shape index (κ1) is 20.7. The van der Waals surface area contributed by atoms with Gasteiger partial charge in [-0.2, -0.15) is 0 Å². The number of rotatable bonds is 5. The second kappa shape index (κ2) is 8.67. The molecular formula is C22H15Cl2N3O4. The first-order valence-electron chi connectivity index (χ1n) is 9.06. The van der Waals surface area contributed by atoms with Crippen LogP contribution in [0.15, 0.2) is 71.5 Å². The minimum absolute atomic E-state index is 0.0701. The number of esters is 1. The number of benzene rings is 2. The number of hydrogen-bond acceptors (Lipinski definition) is 5. The Balaban J connectivity index is 1.66. The predicted octanol–water partition coefficient (Wildman–Crippen LogP) is 5.48. The highest BCUT2D eigenvalue weighted by atomic mass is 35.5. The number of ether oxygens (including phenoxy) is 1. The van der Waals surface area contributed by atoms with Crippen LogP contribution in [0, 0.1) is 0 Å². The minimum atomic E-state index is -0.759. The van der Waals surface area contributed by atoms with Gasteiger partial charge in [0.1, 0.15) is 5.69 Å². The summed E-state index contributed by atoms with van der Waals surface area (Å²) < 4.78 is 12.0. The number of carbonyl (C=O) groups is 2. The second-order valence-corrected chi connectivity index (χ2v) is 7.23. The fourth-order valence-electron chi connectivity index (χ4n) is 3.03. The monoisotopic (exact) mass is 455 g/mol. The molecule has 9 heteroatoms. The summed E-state index contributed by atoms with van der Waals surface area (Å²) in [5.74, 6) is -1.42. The van der Waals surface area contributed by atoms with Crippen molar-refractivity contribution >= 4 is 41.0 Å². The highest BCUT2D eigenvalue weighted by Crippen LogP contribution is 2.38. The van der Waals surface area contributed by atoms with Gasteiger partial charge in [0, 0.05) is 29.2 Å². The molecule has 0 spiro atoms. The lowest BCUT2D eigenvalue weighted by Crippen LogP contribution is -2.14. The maximum atomic E-state index is 12.7. The number of aromatic nitrogens is 2. The Labute approximate surface area is 187 Å². The van der Waals surface area contributed by atoms with Gasteiger partial charge >= 0.3 is 5.97 Å². The van der Waals surface area contributed by atoms with Crippen molar-refractivity contribution in [2.75, 3.05) is 12.4 Å². The molecule has 7 nitrogen and oxygen atoms in total. The van der Waals surface area contributed by atoms with E-state index in [1.54, 1.807) is 42.5 Å². The second-order valence-electron chi connectivity index (χ2n) is 6.41. The van der Waals surface area contributed by atoms with Crippen LogP contribution in [0.25, 0.3) is 16.9 Å². The maximum absolute atomic E-state index is 12.7. The molecule has 1 N–H and O–H groups in total. The van der Waals surface area contributed by atoms with E-state index in [2.05, 4.69) is 10.5 Å². The number of nitrogens with zero attached hydrogens (tertiary/aromatic N) is 2. The molecule has 0 unspecified atom stereocenters. The average molecular weight is 456 g/mol. The molecule has 2 heterocycles. The zero-order valence-corrected chi connectivity index (χ0v) is 17.6. The van der Waals surface area contributed by atoms with Crippen LogP contribution < -0.4 is 5.32 Å². The summed E-state index contributed by atoms with van der Waals surface area (Å²) in [6.45, 7) is 0. The van der Waals surface area contributed by atoms with E-state index in [0.29, 0.717) is 11.1 Å². The van der Waals surface area contributed by atoms with Gasteiger partial charge in [0.15, 0.2) is 5.56 Å². The zero-order chi connectivity index (χ0) is 22.0. The third-order valence-electron chi connectivity index (χ3n) is 4.54. The van der Waals surface area contributed by atoms with Crippen molar-refractivity contribution in [3.63, 3.8) is 0 Å². The number of anilines is 1. The molecule has 2 aromatic carbocycles. The third-order valence-corrected chi connectivity index (χ3v) is 5.17. The van der Waals surface area contributed by atoms with Crippen LogP contribution in [0.1, 0.15) is 20.7 Å². The summed E-state index contributed by atoms with van der Waals surface area (Å²) >= 11 is 12.5. The summed E-state index contributed by atoms with van der Waals surface area (Å²) in [5.41, 5.74) is 1.54. The van der Waals surface area contributed by atoms with Gasteiger partial charge in [-0.25, -0.2) is 4.79 Å². The van der Waals surface area contributed by atoms with E-state index in [1.165, 1.54) is 7.11 Å². The van der Waals surface area contributed by atoms with E-state index in [1.807, 2.05) is 29.1 Å². The van der Waals surface area contributed by atoms with Gasteiger partial charge in [-0.3, -0.25) is 10.1 Å². The number of nitrogens with one attached hydrogen (secondary N) is 1. The van der Waals surface area contributed by atoms with Gasteiger partial charge in [0.05, 0.1) is 17.2 Å². The Morgan fingerprint density at radius 2 is 1.65 bits per heavy atom. The fourth-order valence-corrected chi connectivity index (χ4v) is 3.60. The summed E-state index contributed by atoms with van der Waals surface area (Å²) in [4.78, 5) is 25.2. The summed E-state index contributed by atoms with van der Waals surface area (Å²) in [7, 11) is 1.21. The van der Waals surface area contributed by atoms with Crippen LogP contribution in [-0.4, -0.2) is 28.7 Å². The molecule has 0 aliphatic rings. The van der Waals surface area contributed by atoms with Crippen LogP contribution >= 0.6 is 23.2 Å². The van der Waals surface area contributed by atoms with Gasteiger partial charge in [-0.05, 0) is 48.5 Å². The molecule has 0 saturated carbocycles. The quantitative estimate of drug-likeness (QED) is 0.402. The van der Waals surface area contributed by atoms with E-state index < -0.39 is 11.9 Å². The van der Waals surface area contributed by atoms with Gasteiger partial charge in [-0.15, -0.1) is 0 Å². The molecule has 156 valence electrons. The molecular weight excluding hydrogens is 441 g/mol. The molecule has 1 amide bonds. The Hall–Kier alpha value is -3.55. The van der Waals surface area contributed by atoms with Crippen LogP contribution in [0.3, 0.4) is 0 Å². The van der Waals surface area contributed by atoms with Crippen LogP contribution in [0.5, 0.6) is 0 Å². The molecule has 0 aliphatic heterocycles. The van der Waals surface area contributed by atoms with Gasteiger partial charge in [-0.1, -0.05) is 34.4 Å². The molecule has 31 heavy (non-hydrogen) atoms. The molecule has 2 aromatic heterocycles.